The van der Waals surface area contributed by atoms with Crippen molar-refractivity contribution in [3.8, 4) is 0 Å². The molecule has 2 rings (SSSR count). The van der Waals surface area contributed by atoms with Gasteiger partial charge in [-0.15, -0.1) is 0 Å². The van der Waals surface area contributed by atoms with E-state index in [2.05, 4.69) is 36.5 Å². The van der Waals surface area contributed by atoms with Crippen LogP contribution in [0.15, 0.2) is 24.3 Å². The SMILES string of the molecule is CCc1ccc(CNC2CCN(S(=O)(=O)CC)CC2)cc1. The van der Waals surface area contributed by atoms with Crippen molar-refractivity contribution in [2.75, 3.05) is 18.8 Å². The molecule has 0 radical (unpaired) electrons. The van der Waals surface area contributed by atoms with Gasteiger partial charge in [-0.1, -0.05) is 31.2 Å². The number of piperidine rings is 1. The Hall–Kier alpha value is -0.910. The van der Waals surface area contributed by atoms with E-state index in [0.717, 1.165) is 25.8 Å². The molecule has 1 heterocycles. The Bertz CT molecular complexity index is 532. The first-order valence-electron chi connectivity index (χ1n) is 7.84. The molecule has 0 bridgehead atoms. The first-order valence-corrected chi connectivity index (χ1v) is 9.45. The highest BCUT2D eigenvalue weighted by Gasteiger charge is 2.26. The molecule has 21 heavy (non-hydrogen) atoms. The van der Waals surface area contributed by atoms with E-state index in [-0.39, 0.29) is 5.75 Å². The Labute approximate surface area is 128 Å². The molecule has 1 aliphatic heterocycles. The highest BCUT2D eigenvalue weighted by molar-refractivity contribution is 7.89. The summed E-state index contributed by atoms with van der Waals surface area (Å²) >= 11 is 0. The second-order valence-electron chi connectivity index (χ2n) is 5.62. The van der Waals surface area contributed by atoms with Crippen LogP contribution in [0.3, 0.4) is 0 Å². The van der Waals surface area contributed by atoms with Gasteiger partial charge in [0.05, 0.1) is 5.75 Å². The Morgan fingerprint density at radius 2 is 1.67 bits per heavy atom. The zero-order chi connectivity index (χ0) is 15.3. The summed E-state index contributed by atoms with van der Waals surface area (Å²) in [5.74, 6) is 0.203. The van der Waals surface area contributed by atoms with Crippen LogP contribution >= 0.6 is 0 Å². The summed E-state index contributed by atoms with van der Waals surface area (Å²) in [5.41, 5.74) is 2.65. The van der Waals surface area contributed by atoms with E-state index < -0.39 is 10.0 Å². The van der Waals surface area contributed by atoms with E-state index in [1.807, 2.05) is 0 Å². The van der Waals surface area contributed by atoms with Gasteiger partial charge in [0.2, 0.25) is 10.0 Å². The molecule has 1 fully saturated rings. The minimum absolute atomic E-state index is 0.203. The molecule has 0 aromatic heterocycles. The van der Waals surface area contributed by atoms with Gasteiger partial charge in [0.15, 0.2) is 0 Å². The second kappa shape index (κ2) is 7.38. The molecule has 0 atom stereocenters. The van der Waals surface area contributed by atoms with Crippen LogP contribution in [0.1, 0.15) is 37.8 Å². The number of rotatable bonds is 6. The molecule has 0 amide bonds. The Morgan fingerprint density at radius 3 is 2.19 bits per heavy atom. The number of benzene rings is 1. The highest BCUT2D eigenvalue weighted by Crippen LogP contribution is 2.15. The van der Waals surface area contributed by atoms with Crippen molar-refractivity contribution in [2.24, 2.45) is 0 Å². The lowest BCUT2D eigenvalue weighted by atomic mass is 10.1. The molecule has 0 unspecified atom stereocenters. The van der Waals surface area contributed by atoms with Crippen molar-refractivity contribution in [3.63, 3.8) is 0 Å². The lowest BCUT2D eigenvalue weighted by molar-refractivity contribution is 0.289. The van der Waals surface area contributed by atoms with Crippen molar-refractivity contribution in [1.82, 2.24) is 9.62 Å². The molecule has 118 valence electrons. The average molecular weight is 310 g/mol. The van der Waals surface area contributed by atoms with Gasteiger partial charge in [0.25, 0.3) is 0 Å². The van der Waals surface area contributed by atoms with Crippen LogP contribution in [-0.4, -0.2) is 37.6 Å². The molecular weight excluding hydrogens is 284 g/mol. The summed E-state index contributed by atoms with van der Waals surface area (Å²) in [6.45, 7) is 6.01. The minimum Gasteiger partial charge on any atom is -0.310 e. The van der Waals surface area contributed by atoms with Crippen LogP contribution in [-0.2, 0) is 23.0 Å². The maximum atomic E-state index is 11.8. The predicted molar refractivity (Wildman–Crippen MR) is 86.7 cm³/mol. The zero-order valence-electron chi connectivity index (χ0n) is 13.0. The fourth-order valence-corrected chi connectivity index (χ4v) is 3.81. The third-order valence-corrected chi connectivity index (χ3v) is 6.12. The van der Waals surface area contributed by atoms with Crippen LogP contribution in [0.2, 0.25) is 0 Å². The third kappa shape index (κ3) is 4.53. The number of hydrogen-bond acceptors (Lipinski definition) is 3. The lowest BCUT2D eigenvalue weighted by Crippen LogP contribution is -2.45. The van der Waals surface area contributed by atoms with E-state index in [1.165, 1.54) is 11.1 Å². The molecule has 1 N–H and O–H groups in total. The first kappa shape index (κ1) is 16.5. The van der Waals surface area contributed by atoms with Crippen molar-refractivity contribution >= 4 is 10.0 Å². The third-order valence-electron chi connectivity index (χ3n) is 4.24. The molecule has 1 aliphatic rings. The van der Waals surface area contributed by atoms with Crippen LogP contribution in [0, 0.1) is 0 Å². The number of sulfonamides is 1. The maximum Gasteiger partial charge on any atom is 0.213 e. The van der Waals surface area contributed by atoms with Gasteiger partial charge in [-0.3, -0.25) is 0 Å². The van der Waals surface area contributed by atoms with Crippen LogP contribution < -0.4 is 5.32 Å². The van der Waals surface area contributed by atoms with Gasteiger partial charge >= 0.3 is 0 Å². The Balaban J connectivity index is 1.78. The Morgan fingerprint density at radius 1 is 1.10 bits per heavy atom. The largest absolute Gasteiger partial charge is 0.310 e. The van der Waals surface area contributed by atoms with Crippen LogP contribution in [0.25, 0.3) is 0 Å². The first-order chi connectivity index (χ1) is 10.0. The van der Waals surface area contributed by atoms with Crippen molar-refractivity contribution < 1.29 is 8.42 Å². The monoisotopic (exact) mass is 310 g/mol. The average Bonchev–Trinajstić information content (AvgIpc) is 2.54. The van der Waals surface area contributed by atoms with E-state index in [1.54, 1.807) is 11.2 Å². The summed E-state index contributed by atoms with van der Waals surface area (Å²) in [7, 11) is -3.01. The van der Waals surface area contributed by atoms with E-state index in [9.17, 15) is 8.42 Å². The van der Waals surface area contributed by atoms with Gasteiger partial charge in [-0.2, -0.15) is 0 Å². The molecule has 0 saturated carbocycles. The van der Waals surface area contributed by atoms with Gasteiger partial charge in [0, 0.05) is 25.7 Å². The predicted octanol–water partition coefficient (Wildman–Crippen LogP) is 2.15. The summed E-state index contributed by atoms with van der Waals surface area (Å²) in [6, 6.07) is 9.10. The summed E-state index contributed by atoms with van der Waals surface area (Å²) in [6.07, 6.45) is 2.86. The van der Waals surface area contributed by atoms with Gasteiger partial charge in [-0.25, -0.2) is 12.7 Å². The fourth-order valence-electron chi connectivity index (χ4n) is 2.68. The summed E-state index contributed by atoms with van der Waals surface area (Å²) < 4.78 is 25.2. The molecule has 4 nitrogen and oxygen atoms in total. The lowest BCUT2D eigenvalue weighted by Gasteiger charge is -2.31. The molecule has 0 spiro atoms. The number of aryl methyl sites for hydroxylation is 1. The summed E-state index contributed by atoms with van der Waals surface area (Å²) in [5, 5.41) is 3.54. The number of hydrogen-bond donors (Lipinski definition) is 1. The van der Waals surface area contributed by atoms with Crippen LogP contribution in [0.4, 0.5) is 0 Å². The van der Waals surface area contributed by atoms with Crippen molar-refractivity contribution in [1.29, 1.82) is 0 Å². The van der Waals surface area contributed by atoms with Crippen molar-refractivity contribution in [2.45, 2.75) is 45.7 Å². The van der Waals surface area contributed by atoms with Crippen LogP contribution in [0.5, 0.6) is 0 Å². The molecule has 1 aromatic carbocycles. The van der Waals surface area contributed by atoms with E-state index >= 15 is 0 Å². The minimum atomic E-state index is -3.01. The van der Waals surface area contributed by atoms with Crippen molar-refractivity contribution in [3.05, 3.63) is 35.4 Å². The van der Waals surface area contributed by atoms with E-state index in [4.69, 9.17) is 0 Å². The quantitative estimate of drug-likeness (QED) is 0.876. The van der Waals surface area contributed by atoms with E-state index in [0.29, 0.717) is 19.1 Å². The normalized spacial score (nSPS) is 18.0. The van der Waals surface area contributed by atoms with Gasteiger partial charge in [-0.05, 0) is 37.3 Å². The number of nitrogens with zero attached hydrogens (tertiary/aromatic N) is 1. The Kier molecular flexibility index (Phi) is 5.79. The number of nitrogens with one attached hydrogen (secondary N) is 1. The van der Waals surface area contributed by atoms with Gasteiger partial charge in [0.1, 0.15) is 0 Å². The molecule has 1 aromatic rings. The smallest absolute Gasteiger partial charge is 0.213 e. The molecule has 5 heteroatoms. The molecular formula is C16H26N2O2S. The topological polar surface area (TPSA) is 49.4 Å². The second-order valence-corrected chi connectivity index (χ2v) is 7.88. The molecule has 0 aliphatic carbocycles. The highest BCUT2D eigenvalue weighted by atomic mass is 32.2. The fraction of sp³-hybridized carbons (Fsp3) is 0.625. The summed E-state index contributed by atoms with van der Waals surface area (Å²) in [4.78, 5) is 0. The zero-order valence-corrected chi connectivity index (χ0v) is 13.8. The molecule has 1 saturated heterocycles. The van der Waals surface area contributed by atoms with Gasteiger partial charge < -0.3 is 5.32 Å². The maximum absolute atomic E-state index is 11.8. The standard InChI is InChI=1S/C16H26N2O2S/c1-3-14-5-7-15(8-6-14)13-17-16-9-11-18(12-10-16)21(19,20)4-2/h5-8,16-17H,3-4,9-13H2,1-2H3.